The van der Waals surface area contributed by atoms with Crippen molar-refractivity contribution >= 4 is 17.7 Å². The van der Waals surface area contributed by atoms with Crippen LogP contribution < -0.4 is 10.6 Å². The predicted octanol–water partition coefficient (Wildman–Crippen LogP) is 3.59. The van der Waals surface area contributed by atoms with Crippen LogP contribution in [0, 0.1) is 11.7 Å². The first-order chi connectivity index (χ1) is 17.0. The molecule has 1 aromatic carbocycles. The molecule has 1 saturated carbocycles. The first-order valence-electron chi connectivity index (χ1n) is 12.5. The van der Waals surface area contributed by atoms with E-state index >= 15 is 0 Å². The number of amides is 3. The van der Waals surface area contributed by atoms with Crippen molar-refractivity contribution in [2.45, 2.75) is 76.8 Å². The quantitative estimate of drug-likeness (QED) is 0.536. The third kappa shape index (κ3) is 5.27. The number of rotatable bonds is 8. The SMILES string of the molecule is CC(C)[C@@H](NC(=O)CN1CC2(CCCCC2)NC1=O)C(=O)c1nnc(C(C)(C)c2ccc(F)cc2)o1. The first kappa shape index (κ1) is 25.8. The van der Waals surface area contributed by atoms with Crippen molar-refractivity contribution in [2.24, 2.45) is 5.92 Å². The Morgan fingerprint density at radius 2 is 1.83 bits per heavy atom. The summed E-state index contributed by atoms with van der Waals surface area (Å²) in [4.78, 5) is 40.1. The number of carbonyl (C=O) groups is 3. The second kappa shape index (κ2) is 9.99. The minimum absolute atomic E-state index is 0.128. The minimum Gasteiger partial charge on any atom is -0.417 e. The fourth-order valence-electron chi connectivity index (χ4n) is 5.05. The molecule has 1 aliphatic heterocycles. The van der Waals surface area contributed by atoms with Gasteiger partial charge < -0.3 is 20.0 Å². The molecule has 2 aromatic rings. The molecule has 0 unspecified atom stereocenters. The number of nitrogens with one attached hydrogen (secondary N) is 2. The van der Waals surface area contributed by atoms with Gasteiger partial charge in [-0.05, 0) is 50.3 Å². The van der Waals surface area contributed by atoms with Gasteiger partial charge in [0.05, 0.1) is 17.0 Å². The van der Waals surface area contributed by atoms with Gasteiger partial charge in [-0.1, -0.05) is 45.2 Å². The van der Waals surface area contributed by atoms with E-state index in [0.717, 1.165) is 37.7 Å². The van der Waals surface area contributed by atoms with E-state index in [-0.39, 0.29) is 41.6 Å². The van der Waals surface area contributed by atoms with Gasteiger partial charge in [0.1, 0.15) is 12.4 Å². The lowest BCUT2D eigenvalue weighted by molar-refractivity contribution is -0.122. The van der Waals surface area contributed by atoms with Crippen molar-refractivity contribution in [3.05, 3.63) is 47.4 Å². The largest absolute Gasteiger partial charge is 0.417 e. The van der Waals surface area contributed by atoms with Crippen molar-refractivity contribution in [3.8, 4) is 0 Å². The van der Waals surface area contributed by atoms with Crippen LogP contribution >= 0.6 is 0 Å². The average molecular weight is 500 g/mol. The molecule has 0 bridgehead atoms. The Kier molecular flexibility index (Phi) is 7.15. The normalized spacial score (nSPS) is 18.4. The Morgan fingerprint density at radius 1 is 1.17 bits per heavy atom. The second-order valence-corrected chi connectivity index (χ2v) is 10.8. The fourth-order valence-corrected chi connectivity index (χ4v) is 5.05. The molecule has 1 spiro atoms. The Hall–Kier alpha value is -3.30. The molecule has 2 fully saturated rings. The van der Waals surface area contributed by atoms with Gasteiger partial charge in [-0.2, -0.15) is 0 Å². The van der Waals surface area contributed by atoms with Crippen LogP contribution in [0.2, 0.25) is 0 Å². The molecule has 1 atom stereocenters. The molecular weight excluding hydrogens is 465 g/mol. The van der Waals surface area contributed by atoms with Gasteiger partial charge in [-0.15, -0.1) is 10.2 Å². The molecule has 2 N–H and O–H groups in total. The molecule has 1 saturated heterocycles. The number of benzene rings is 1. The van der Waals surface area contributed by atoms with Crippen LogP contribution in [0.3, 0.4) is 0 Å². The van der Waals surface area contributed by atoms with Gasteiger partial charge in [0.25, 0.3) is 5.89 Å². The third-order valence-corrected chi connectivity index (χ3v) is 7.30. The van der Waals surface area contributed by atoms with Crippen LogP contribution in [0.5, 0.6) is 0 Å². The number of Topliss-reactive ketones (excluding diaryl/α,β-unsaturated/α-hetero) is 1. The molecule has 3 amide bonds. The van der Waals surface area contributed by atoms with Gasteiger partial charge in [-0.3, -0.25) is 9.59 Å². The molecule has 194 valence electrons. The molecule has 10 heteroatoms. The van der Waals surface area contributed by atoms with Gasteiger partial charge >= 0.3 is 6.03 Å². The number of hydrogen-bond acceptors (Lipinski definition) is 6. The highest BCUT2D eigenvalue weighted by atomic mass is 19.1. The lowest BCUT2D eigenvalue weighted by Crippen LogP contribution is -2.48. The maximum Gasteiger partial charge on any atom is 0.318 e. The summed E-state index contributed by atoms with van der Waals surface area (Å²) in [5, 5.41) is 13.8. The van der Waals surface area contributed by atoms with Crippen molar-refractivity contribution in [2.75, 3.05) is 13.1 Å². The minimum atomic E-state index is -0.894. The number of urea groups is 1. The summed E-state index contributed by atoms with van der Waals surface area (Å²) in [5.41, 5.74) is -0.256. The molecule has 1 aromatic heterocycles. The predicted molar refractivity (Wildman–Crippen MR) is 130 cm³/mol. The Morgan fingerprint density at radius 3 is 2.47 bits per heavy atom. The Balaban J connectivity index is 1.43. The highest BCUT2D eigenvalue weighted by Gasteiger charge is 2.43. The monoisotopic (exact) mass is 499 g/mol. The van der Waals surface area contributed by atoms with E-state index in [4.69, 9.17) is 4.42 Å². The average Bonchev–Trinajstić information content (AvgIpc) is 3.43. The molecule has 2 aliphatic rings. The molecular formula is C26H34FN5O4. The van der Waals surface area contributed by atoms with Crippen LogP contribution in [0.1, 0.15) is 81.9 Å². The summed E-state index contributed by atoms with van der Waals surface area (Å²) >= 11 is 0. The standard InChI is InChI=1S/C26H34FN5O4/c1-16(2)20(28-19(33)14-32-15-26(29-24(32)35)12-6-5-7-13-26)21(34)22-30-31-23(36-22)25(3,4)17-8-10-18(27)11-9-17/h8-11,16,20H,5-7,12-15H2,1-4H3,(H,28,33)(H,29,35)/t20-/m1/s1. The van der Waals surface area contributed by atoms with E-state index in [2.05, 4.69) is 20.8 Å². The van der Waals surface area contributed by atoms with Gasteiger partial charge in [0.15, 0.2) is 0 Å². The van der Waals surface area contributed by atoms with Crippen LogP contribution in [-0.4, -0.2) is 57.5 Å². The summed E-state index contributed by atoms with van der Waals surface area (Å²) in [6.07, 6.45) is 5.12. The van der Waals surface area contributed by atoms with Crippen LogP contribution in [0.4, 0.5) is 9.18 Å². The topological polar surface area (TPSA) is 117 Å². The Labute approximate surface area is 210 Å². The highest BCUT2D eigenvalue weighted by molar-refractivity contribution is 5.99. The number of halogens is 1. The smallest absolute Gasteiger partial charge is 0.318 e. The van der Waals surface area contributed by atoms with E-state index < -0.39 is 23.1 Å². The van der Waals surface area contributed by atoms with Crippen LogP contribution in [-0.2, 0) is 10.2 Å². The zero-order valence-electron chi connectivity index (χ0n) is 21.3. The van der Waals surface area contributed by atoms with Crippen LogP contribution in [0.15, 0.2) is 28.7 Å². The number of carbonyl (C=O) groups excluding carboxylic acids is 3. The van der Waals surface area contributed by atoms with Gasteiger partial charge in [0, 0.05) is 6.54 Å². The molecule has 4 rings (SSSR count). The summed E-state index contributed by atoms with van der Waals surface area (Å²) in [7, 11) is 0. The number of hydrogen-bond donors (Lipinski definition) is 2. The lowest BCUT2D eigenvalue weighted by atomic mass is 9.82. The van der Waals surface area contributed by atoms with Crippen molar-refractivity contribution in [1.29, 1.82) is 0 Å². The number of nitrogens with zero attached hydrogens (tertiary/aromatic N) is 3. The molecule has 0 radical (unpaired) electrons. The summed E-state index contributed by atoms with van der Waals surface area (Å²) < 4.78 is 19.1. The molecule has 9 nitrogen and oxygen atoms in total. The van der Waals surface area contributed by atoms with E-state index in [1.807, 2.05) is 27.7 Å². The van der Waals surface area contributed by atoms with E-state index in [1.165, 1.54) is 17.0 Å². The maximum absolute atomic E-state index is 13.3. The second-order valence-electron chi connectivity index (χ2n) is 10.8. The number of aromatic nitrogens is 2. The first-order valence-corrected chi connectivity index (χ1v) is 12.5. The summed E-state index contributed by atoms with van der Waals surface area (Å²) in [6.45, 7) is 7.65. The van der Waals surface area contributed by atoms with E-state index in [0.29, 0.717) is 6.54 Å². The van der Waals surface area contributed by atoms with Crippen molar-refractivity contribution < 1.29 is 23.2 Å². The van der Waals surface area contributed by atoms with E-state index in [9.17, 15) is 18.8 Å². The molecule has 2 heterocycles. The molecule has 36 heavy (non-hydrogen) atoms. The van der Waals surface area contributed by atoms with Gasteiger partial charge in [-0.25, -0.2) is 9.18 Å². The van der Waals surface area contributed by atoms with Gasteiger partial charge in [0.2, 0.25) is 17.6 Å². The summed E-state index contributed by atoms with van der Waals surface area (Å²) in [5.74, 6) is -1.53. The highest BCUT2D eigenvalue weighted by Crippen LogP contribution is 2.33. The lowest BCUT2D eigenvalue weighted by Gasteiger charge is -2.32. The zero-order chi connectivity index (χ0) is 26.1. The third-order valence-electron chi connectivity index (χ3n) is 7.30. The fraction of sp³-hybridized carbons (Fsp3) is 0.577. The maximum atomic E-state index is 13.3. The number of ketones is 1. The van der Waals surface area contributed by atoms with Crippen LogP contribution in [0.25, 0.3) is 0 Å². The molecule has 1 aliphatic carbocycles. The van der Waals surface area contributed by atoms with Crippen molar-refractivity contribution in [3.63, 3.8) is 0 Å². The van der Waals surface area contributed by atoms with Crippen molar-refractivity contribution in [1.82, 2.24) is 25.7 Å². The Bertz CT molecular complexity index is 1120. The zero-order valence-corrected chi connectivity index (χ0v) is 21.3. The van der Waals surface area contributed by atoms with E-state index in [1.54, 1.807) is 12.1 Å². The summed E-state index contributed by atoms with van der Waals surface area (Å²) in [6, 6.07) is 4.81.